The molecule has 9 heteroatoms. The summed E-state index contributed by atoms with van der Waals surface area (Å²) in [4.78, 5) is 38.9. The summed E-state index contributed by atoms with van der Waals surface area (Å²) < 4.78 is 5.65. The largest absolute Gasteiger partial charge is 0.444 e. The van der Waals surface area contributed by atoms with Crippen molar-refractivity contribution >= 4 is 34.8 Å². The third kappa shape index (κ3) is 4.48. The van der Waals surface area contributed by atoms with Crippen LogP contribution in [-0.2, 0) is 4.74 Å². The van der Waals surface area contributed by atoms with Crippen molar-refractivity contribution in [3.05, 3.63) is 48.7 Å². The highest BCUT2D eigenvalue weighted by molar-refractivity contribution is 5.88. The minimum atomic E-state index is -0.507. The van der Waals surface area contributed by atoms with Crippen molar-refractivity contribution < 1.29 is 9.53 Å². The number of hydrogen-bond acceptors (Lipinski definition) is 8. The predicted molar refractivity (Wildman–Crippen MR) is 126 cm³/mol. The van der Waals surface area contributed by atoms with Gasteiger partial charge in [-0.2, -0.15) is 0 Å². The Morgan fingerprint density at radius 2 is 1.91 bits per heavy atom. The van der Waals surface area contributed by atoms with E-state index in [1.165, 1.54) is 0 Å². The fraction of sp³-hybridized carbons (Fsp3) is 0.417. The first-order valence-corrected chi connectivity index (χ1v) is 11.1. The topological polar surface area (TPSA) is 96.7 Å². The lowest BCUT2D eigenvalue weighted by Gasteiger charge is -2.43. The number of amides is 1. The van der Waals surface area contributed by atoms with Crippen LogP contribution in [0, 0.1) is 0 Å². The quantitative estimate of drug-likeness (QED) is 0.566. The second-order valence-electron chi connectivity index (χ2n) is 9.57. The SMILES string of the molecule is CC(C)(C)OC(=O)N1CCN(c2ncncc2N=Cc2ccc3nccnc3c2)CC12CC2. The molecule has 33 heavy (non-hydrogen) atoms. The number of carbonyl (C=O) groups excluding carboxylic acids is 1. The summed E-state index contributed by atoms with van der Waals surface area (Å²) in [5, 5.41) is 0. The minimum Gasteiger partial charge on any atom is -0.444 e. The molecule has 0 bridgehead atoms. The summed E-state index contributed by atoms with van der Waals surface area (Å²) in [6, 6.07) is 5.84. The molecule has 170 valence electrons. The van der Waals surface area contributed by atoms with Crippen LogP contribution in [0.4, 0.5) is 16.3 Å². The Morgan fingerprint density at radius 3 is 2.67 bits per heavy atom. The molecular formula is C24H27N7O2. The maximum atomic E-state index is 12.8. The number of hydrogen-bond donors (Lipinski definition) is 0. The molecule has 2 aliphatic rings. The van der Waals surface area contributed by atoms with Gasteiger partial charge in [-0.05, 0) is 51.3 Å². The molecule has 0 unspecified atom stereocenters. The van der Waals surface area contributed by atoms with Crippen molar-refractivity contribution in [1.82, 2.24) is 24.8 Å². The number of piperazine rings is 1. The van der Waals surface area contributed by atoms with Gasteiger partial charge in [0.1, 0.15) is 17.6 Å². The highest BCUT2D eigenvalue weighted by Crippen LogP contribution is 2.46. The monoisotopic (exact) mass is 445 g/mol. The van der Waals surface area contributed by atoms with Gasteiger partial charge in [-0.25, -0.2) is 14.8 Å². The van der Waals surface area contributed by atoms with Crippen molar-refractivity contribution in [2.75, 3.05) is 24.5 Å². The number of nitrogens with zero attached hydrogens (tertiary/aromatic N) is 7. The van der Waals surface area contributed by atoms with Gasteiger partial charge in [-0.3, -0.25) is 19.9 Å². The zero-order valence-electron chi connectivity index (χ0n) is 19.1. The van der Waals surface area contributed by atoms with E-state index in [0.717, 1.165) is 35.3 Å². The molecule has 0 atom stereocenters. The van der Waals surface area contributed by atoms with Crippen LogP contribution in [-0.4, -0.2) is 67.9 Å². The molecule has 3 heterocycles. The number of rotatable bonds is 3. The third-order valence-corrected chi connectivity index (χ3v) is 5.91. The van der Waals surface area contributed by atoms with Crippen LogP contribution >= 0.6 is 0 Å². The second-order valence-corrected chi connectivity index (χ2v) is 9.57. The van der Waals surface area contributed by atoms with Crippen molar-refractivity contribution in [2.24, 2.45) is 4.99 Å². The Hall–Kier alpha value is -3.62. The highest BCUT2D eigenvalue weighted by atomic mass is 16.6. The van der Waals surface area contributed by atoms with Crippen molar-refractivity contribution in [3.8, 4) is 0 Å². The average Bonchev–Trinajstić information content (AvgIpc) is 3.55. The van der Waals surface area contributed by atoms with E-state index in [1.807, 2.05) is 43.9 Å². The predicted octanol–water partition coefficient (Wildman–Crippen LogP) is 3.76. The van der Waals surface area contributed by atoms with E-state index in [0.29, 0.717) is 25.3 Å². The summed E-state index contributed by atoms with van der Waals surface area (Å²) in [6.45, 7) is 7.64. The first-order chi connectivity index (χ1) is 15.8. The number of anilines is 1. The summed E-state index contributed by atoms with van der Waals surface area (Å²) in [6.07, 6.45) is 10.1. The van der Waals surface area contributed by atoms with Crippen LogP contribution in [0.2, 0.25) is 0 Å². The van der Waals surface area contributed by atoms with Crippen LogP contribution in [0.25, 0.3) is 11.0 Å². The molecule has 2 fully saturated rings. The van der Waals surface area contributed by atoms with Crippen molar-refractivity contribution in [3.63, 3.8) is 0 Å². The third-order valence-electron chi connectivity index (χ3n) is 5.91. The van der Waals surface area contributed by atoms with Gasteiger partial charge in [0, 0.05) is 38.2 Å². The van der Waals surface area contributed by atoms with Gasteiger partial charge in [0.25, 0.3) is 0 Å². The molecule has 3 aromatic rings. The molecule has 5 rings (SSSR count). The van der Waals surface area contributed by atoms with Crippen LogP contribution < -0.4 is 4.90 Å². The molecule has 9 nitrogen and oxygen atoms in total. The van der Waals surface area contributed by atoms with Crippen LogP contribution in [0.3, 0.4) is 0 Å². The van der Waals surface area contributed by atoms with Gasteiger partial charge < -0.3 is 9.64 Å². The first kappa shape index (κ1) is 21.2. The van der Waals surface area contributed by atoms with E-state index >= 15 is 0 Å². The average molecular weight is 446 g/mol. The highest BCUT2D eigenvalue weighted by Gasteiger charge is 2.54. The zero-order valence-corrected chi connectivity index (χ0v) is 19.1. The molecular weight excluding hydrogens is 418 g/mol. The molecule has 2 aromatic heterocycles. The van der Waals surface area contributed by atoms with Crippen molar-refractivity contribution in [1.29, 1.82) is 0 Å². The Labute approximate surface area is 192 Å². The van der Waals surface area contributed by atoms with E-state index in [9.17, 15) is 4.79 Å². The number of aliphatic imine (C=N–C) groups is 1. The zero-order chi connectivity index (χ0) is 23.1. The van der Waals surface area contributed by atoms with Gasteiger partial charge in [0.2, 0.25) is 0 Å². The fourth-order valence-corrected chi connectivity index (χ4v) is 4.19. The minimum absolute atomic E-state index is 0.191. The van der Waals surface area contributed by atoms with E-state index in [1.54, 1.807) is 31.1 Å². The molecule has 0 N–H and O–H groups in total. The van der Waals surface area contributed by atoms with Gasteiger partial charge in [-0.1, -0.05) is 6.07 Å². The lowest BCUT2D eigenvalue weighted by atomic mass is 10.1. The van der Waals surface area contributed by atoms with E-state index in [2.05, 4.69) is 29.8 Å². The molecule has 0 radical (unpaired) electrons. The summed E-state index contributed by atoms with van der Waals surface area (Å²) in [5.41, 5.74) is 2.58. The van der Waals surface area contributed by atoms with Gasteiger partial charge in [-0.15, -0.1) is 0 Å². The van der Waals surface area contributed by atoms with E-state index in [4.69, 9.17) is 4.74 Å². The van der Waals surface area contributed by atoms with E-state index < -0.39 is 5.60 Å². The molecule has 1 aliphatic heterocycles. The number of ether oxygens (including phenoxy) is 1. The maximum Gasteiger partial charge on any atom is 0.410 e. The summed E-state index contributed by atoms with van der Waals surface area (Å²) in [7, 11) is 0. The number of aromatic nitrogens is 4. The lowest BCUT2D eigenvalue weighted by molar-refractivity contribution is 0.0106. The fourth-order valence-electron chi connectivity index (χ4n) is 4.19. The first-order valence-electron chi connectivity index (χ1n) is 11.1. The lowest BCUT2D eigenvalue weighted by Crippen LogP contribution is -2.58. The molecule has 1 amide bonds. The molecule has 1 saturated carbocycles. The maximum absolute atomic E-state index is 12.8. The molecule has 1 aliphatic carbocycles. The Bertz CT molecular complexity index is 1220. The second kappa shape index (κ2) is 8.06. The normalized spacial score (nSPS) is 17.7. The smallest absolute Gasteiger partial charge is 0.410 e. The van der Waals surface area contributed by atoms with Gasteiger partial charge in [0.05, 0.1) is 22.8 Å². The summed E-state index contributed by atoms with van der Waals surface area (Å²) in [5.74, 6) is 0.775. The number of carbonyl (C=O) groups is 1. The number of fused-ring (bicyclic) bond motifs is 1. The Kier molecular flexibility index (Phi) is 5.19. The Balaban J connectivity index is 1.35. The molecule has 1 spiro atoms. The molecule has 1 aromatic carbocycles. The van der Waals surface area contributed by atoms with Crippen LogP contribution in [0.1, 0.15) is 39.2 Å². The standard InChI is InChI=1S/C24H27N7O2/c1-23(2,3)33-22(32)31-11-10-30(15-24(31)6-7-24)21-20(14-25-16-29-21)28-13-17-4-5-18-19(12-17)27-9-8-26-18/h4-5,8-9,12-14,16H,6-7,10-11,15H2,1-3H3. The number of benzene rings is 1. The van der Waals surface area contributed by atoms with Crippen LogP contribution in [0.5, 0.6) is 0 Å². The van der Waals surface area contributed by atoms with Gasteiger partial charge >= 0.3 is 6.09 Å². The summed E-state index contributed by atoms with van der Waals surface area (Å²) >= 11 is 0. The van der Waals surface area contributed by atoms with Crippen LogP contribution in [0.15, 0.2) is 48.1 Å². The van der Waals surface area contributed by atoms with Crippen molar-refractivity contribution in [2.45, 2.75) is 44.8 Å². The Morgan fingerprint density at radius 1 is 1.12 bits per heavy atom. The molecule has 1 saturated heterocycles. The van der Waals surface area contributed by atoms with Gasteiger partial charge in [0.15, 0.2) is 5.82 Å². The van der Waals surface area contributed by atoms with E-state index in [-0.39, 0.29) is 11.6 Å².